The first kappa shape index (κ1) is 16.5. The van der Waals surface area contributed by atoms with Crippen molar-refractivity contribution in [1.29, 1.82) is 0 Å². The molecule has 0 aromatic heterocycles. The fourth-order valence-corrected chi connectivity index (χ4v) is 3.39. The molecule has 0 aromatic rings. The van der Waals surface area contributed by atoms with Crippen LogP contribution in [0.3, 0.4) is 0 Å². The number of fused-ring (bicyclic) bond motifs is 1. The maximum absolute atomic E-state index is 11.2. The molecule has 4 aliphatic rings. The first-order valence-electron chi connectivity index (χ1n) is 8.96. The third-order valence-electron chi connectivity index (χ3n) is 5.32. The largest absolute Gasteiger partial charge is 0.492 e. The molecule has 134 valence electrons. The van der Waals surface area contributed by atoms with Gasteiger partial charge in [-0.05, 0) is 43.4 Å². The van der Waals surface area contributed by atoms with Gasteiger partial charge < -0.3 is 19.9 Å². The molecular weight excluding hydrogens is 320 g/mol. The third-order valence-corrected chi connectivity index (χ3v) is 5.32. The normalized spacial score (nSPS) is 32.7. The van der Waals surface area contributed by atoms with Crippen molar-refractivity contribution in [2.24, 2.45) is 10.4 Å². The summed E-state index contributed by atoms with van der Waals surface area (Å²) in [7, 11) is 0. The Hall–Kier alpha value is -1.92. The van der Waals surface area contributed by atoms with Gasteiger partial charge >= 0.3 is 5.97 Å². The molecule has 1 saturated heterocycles. The van der Waals surface area contributed by atoms with Crippen LogP contribution in [0.15, 0.2) is 40.1 Å². The summed E-state index contributed by atoms with van der Waals surface area (Å²) >= 11 is 0. The van der Waals surface area contributed by atoms with Gasteiger partial charge in [0.2, 0.25) is 0 Å². The molecule has 3 unspecified atom stereocenters. The van der Waals surface area contributed by atoms with Gasteiger partial charge in [0, 0.05) is 19.2 Å². The van der Waals surface area contributed by atoms with Crippen LogP contribution in [0, 0.1) is 5.41 Å². The molecule has 1 saturated carbocycles. The number of dihydropyridines is 1. The number of ether oxygens (including phenoxy) is 2. The Morgan fingerprint density at radius 2 is 2.20 bits per heavy atom. The highest BCUT2D eigenvalue weighted by atomic mass is 16.5. The fourth-order valence-electron chi connectivity index (χ4n) is 3.39. The van der Waals surface area contributed by atoms with Gasteiger partial charge in [0.1, 0.15) is 11.9 Å². The standard InChI is InChI=1S/C19H24N2O4/c1-12-9-20-15-4-2-13(8-16(15)25-12)14-3-5-17(21-10-14)24-11-19(6-7-19)18(22)23/h2-3,8,10,12,15,17,20H,4-7,9,11H2,1H3,(H,22,23). The molecule has 4 rings (SSSR count). The average Bonchev–Trinajstić information content (AvgIpc) is 3.41. The van der Waals surface area contributed by atoms with E-state index in [2.05, 4.69) is 35.5 Å². The molecule has 2 fully saturated rings. The lowest BCUT2D eigenvalue weighted by molar-refractivity contribution is -0.146. The molecule has 2 aliphatic heterocycles. The van der Waals surface area contributed by atoms with E-state index in [0.29, 0.717) is 19.3 Å². The second-order valence-electron chi connectivity index (χ2n) is 7.36. The number of carboxylic acid groups (broad SMARTS) is 1. The molecule has 3 atom stereocenters. The molecule has 2 heterocycles. The van der Waals surface area contributed by atoms with Crippen LogP contribution in [0.1, 0.15) is 32.6 Å². The first-order valence-corrected chi connectivity index (χ1v) is 8.96. The van der Waals surface area contributed by atoms with Gasteiger partial charge in [-0.2, -0.15) is 0 Å². The SMILES string of the molecule is CC1CNC2CC=C(C3=CCC(OCC4(C(=O)O)CC4)N=C3)C=C2O1. The van der Waals surface area contributed by atoms with Gasteiger partial charge in [-0.25, -0.2) is 0 Å². The number of aliphatic carboxylic acids is 1. The lowest BCUT2D eigenvalue weighted by Crippen LogP contribution is -2.44. The molecular formula is C19H24N2O4. The van der Waals surface area contributed by atoms with Gasteiger partial charge in [0.25, 0.3) is 0 Å². The van der Waals surface area contributed by atoms with Crippen LogP contribution in [0.5, 0.6) is 0 Å². The van der Waals surface area contributed by atoms with Crippen molar-refractivity contribution in [3.05, 3.63) is 35.1 Å². The Bertz CT molecular complexity index is 688. The Morgan fingerprint density at radius 1 is 1.40 bits per heavy atom. The zero-order valence-electron chi connectivity index (χ0n) is 14.4. The lowest BCUT2D eigenvalue weighted by atomic mass is 9.93. The smallest absolute Gasteiger partial charge is 0.311 e. The van der Waals surface area contributed by atoms with Crippen LogP contribution in [-0.2, 0) is 14.3 Å². The highest BCUT2D eigenvalue weighted by molar-refractivity contribution is 5.87. The van der Waals surface area contributed by atoms with E-state index in [4.69, 9.17) is 9.47 Å². The summed E-state index contributed by atoms with van der Waals surface area (Å²) < 4.78 is 11.7. The summed E-state index contributed by atoms with van der Waals surface area (Å²) in [5.41, 5.74) is 1.55. The number of allylic oxidation sites excluding steroid dienone is 3. The van der Waals surface area contributed by atoms with Crippen molar-refractivity contribution in [1.82, 2.24) is 5.32 Å². The summed E-state index contributed by atoms with van der Waals surface area (Å²) in [5.74, 6) is 0.244. The molecule has 6 heteroatoms. The number of nitrogens with one attached hydrogen (secondary N) is 1. The molecule has 25 heavy (non-hydrogen) atoms. The first-order chi connectivity index (χ1) is 12.1. The maximum atomic E-state index is 11.2. The maximum Gasteiger partial charge on any atom is 0.311 e. The van der Waals surface area contributed by atoms with Crippen molar-refractivity contribution in [3.63, 3.8) is 0 Å². The summed E-state index contributed by atoms with van der Waals surface area (Å²) in [6.07, 6.45) is 11.2. The fraction of sp³-hybridized carbons (Fsp3) is 0.579. The molecule has 6 nitrogen and oxygen atoms in total. The van der Waals surface area contributed by atoms with Crippen LogP contribution in [0.2, 0.25) is 0 Å². The zero-order valence-corrected chi connectivity index (χ0v) is 14.4. The van der Waals surface area contributed by atoms with E-state index in [1.54, 1.807) is 0 Å². The predicted octanol–water partition coefficient (Wildman–Crippen LogP) is 2.19. The minimum absolute atomic E-state index is 0.192. The molecule has 2 N–H and O–H groups in total. The summed E-state index contributed by atoms with van der Waals surface area (Å²) in [4.78, 5) is 15.7. The molecule has 0 bridgehead atoms. The number of rotatable bonds is 5. The summed E-state index contributed by atoms with van der Waals surface area (Å²) in [5, 5.41) is 12.7. The molecule has 0 aromatic carbocycles. The zero-order chi connectivity index (χ0) is 17.4. The Balaban J connectivity index is 1.35. The summed E-state index contributed by atoms with van der Waals surface area (Å²) in [6, 6.07) is 0.280. The number of hydrogen-bond donors (Lipinski definition) is 2. The number of morpholine rings is 1. The van der Waals surface area contributed by atoms with Gasteiger partial charge in [0.05, 0.1) is 18.1 Å². The summed E-state index contributed by atoms with van der Waals surface area (Å²) in [6.45, 7) is 3.20. The lowest BCUT2D eigenvalue weighted by Gasteiger charge is -2.33. The van der Waals surface area contributed by atoms with E-state index in [9.17, 15) is 9.90 Å². The van der Waals surface area contributed by atoms with E-state index in [0.717, 1.165) is 29.9 Å². The van der Waals surface area contributed by atoms with Crippen LogP contribution in [0.25, 0.3) is 0 Å². The Labute approximate surface area is 147 Å². The second-order valence-corrected chi connectivity index (χ2v) is 7.36. The van der Waals surface area contributed by atoms with E-state index in [-0.39, 0.29) is 25.0 Å². The van der Waals surface area contributed by atoms with Crippen LogP contribution >= 0.6 is 0 Å². The van der Waals surface area contributed by atoms with E-state index < -0.39 is 11.4 Å². The molecule has 0 spiro atoms. The molecule has 0 amide bonds. The second kappa shape index (κ2) is 6.42. The van der Waals surface area contributed by atoms with E-state index >= 15 is 0 Å². The number of carbonyl (C=O) groups is 1. The highest BCUT2D eigenvalue weighted by Gasteiger charge is 2.51. The Morgan fingerprint density at radius 3 is 2.88 bits per heavy atom. The van der Waals surface area contributed by atoms with Crippen molar-refractivity contribution >= 4 is 12.2 Å². The van der Waals surface area contributed by atoms with Gasteiger partial charge in [0.15, 0.2) is 6.23 Å². The van der Waals surface area contributed by atoms with Crippen LogP contribution in [0.4, 0.5) is 0 Å². The minimum Gasteiger partial charge on any atom is -0.492 e. The van der Waals surface area contributed by atoms with Crippen LogP contribution in [-0.4, -0.2) is 48.8 Å². The molecule has 0 radical (unpaired) electrons. The van der Waals surface area contributed by atoms with Gasteiger partial charge in [-0.1, -0.05) is 12.2 Å². The highest BCUT2D eigenvalue weighted by Crippen LogP contribution is 2.46. The number of nitrogens with zero attached hydrogens (tertiary/aromatic N) is 1. The number of carboxylic acids is 1. The van der Waals surface area contributed by atoms with Crippen molar-refractivity contribution in [2.45, 2.75) is 51.0 Å². The third kappa shape index (κ3) is 3.41. The number of hydrogen-bond acceptors (Lipinski definition) is 5. The predicted molar refractivity (Wildman–Crippen MR) is 93.4 cm³/mol. The molecule has 2 aliphatic carbocycles. The van der Waals surface area contributed by atoms with Gasteiger partial charge in [-0.3, -0.25) is 9.79 Å². The van der Waals surface area contributed by atoms with Gasteiger partial charge in [-0.15, -0.1) is 0 Å². The van der Waals surface area contributed by atoms with E-state index in [1.807, 2.05) is 6.21 Å². The monoisotopic (exact) mass is 344 g/mol. The van der Waals surface area contributed by atoms with E-state index in [1.165, 1.54) is 0 Å². The number of aliphatic imine (C=N–C) groups is 1. The van der Waals surface area contributed by atoms with Crippen molar-refractivity contribution < 1.29 is 19.4 Å². The Kier molecular flexibility index (Phi) is 4.25. The topological polar surface area (TPSA) is 80.2 Å². The van der Waals surface area contributed by atoms with Crippen molar-refractivity contribution in [2.75, 3.05) is 13.2 Å². The van der Waals surface area contributed by atoms with Crippen molar-refractivity contribution in [3.8, 4) is 0 Å². The van der Waals surface area contributed by atoms with Crippen LogP contribution < -0.4 is 5.32 Å². The minimum atomic E-state index is -0.757. The average molecular weight is 344 g/mol. The quantitative estimate of drug-likeness (QED) is 0.799.